The minimum atomic E-state index is -1.59. The minimum Gasteiger partial charge on any atom is -0.460 e. The zero-order valence-corrected chi connectivity index (χ0v) is 18.9. The Balaban J connectivity index is 1.60. The van der Waals surface area contributed by atoms with Crippen molar-refractivity contribution in [1.82, 2.24) is 4.98 Å². The maximum absolute atomic E-state index is 14.0. The third kappa shape index (κ3) is 3.14. The Labute approximate surface area is 188 Å². The van der Waals surface area contributed by atoms with Crippen molar-refractivity contribution >= 4 is 28.3 Å². The Kier molecular flexibility index (Phi) is 5.07. The first-order chi connectivity index (χ1) is 15.4. The molecule has 0 amide bonds. The van der Waals surface area contributed by atoms with Crippen molar-refractivity contribution in [1.29, 1.82) is 0 Å². The largest absolute Gasteiger partial charge is 0.460 e. The van der Waals surface area contributed by atoms with Crippen molar-refractivity contribution in [3.63, 3.8) is 0 Å². The van der Waals surface area contributed by atoms with Crippen molar-refractivity contribution in [2.75, 3.05) is 5.32 Å². The number of carbonyl (C=O) groups is 2. The number of hydrogen-bond donors (Lipinski definition) is 2. The first-order valence-electron chi connectivity index (χ1n) is 11.6. The maximum atomic E-state index is 14.0. The summed E-state index contributed by atoms with van der Waals surface area (Å²) in [6.07, 6.45) is 4.60. The normalized spacial score (nSPS) is 27.4. The van der Waals surface area contributed by atoms with Crippen molar-refractivity contribution in [2.24, 2.45) is 17.8 Å². The Hall–Kier alpha value is -3.08. The van der Waals surface area contributed by atoms with Gasteiger partial charge in [-0.1, -0.05) is 57.5 Å². The fourth-order valence-corrected chi connectivity index (χ4v) is 5.55. The average Bonchev–Trinajstić information content (AvgIpc) is 3.33. The topological polar surface area (TPSA) is 71.2 Å². The molecule has 5 nitrogen and oxygen atoms in total. The number of hydrogen-bond acceptors (Lipinski definition) is 4. The van der Waals surface area contributed by atoms with Gasteiger partial charge in [0, 0.05) is 33.9 Å². The molecule has 0 spiro atoms. The van der Waals surface area contributed by atoms with E-state index < -0.39 is 11.5 Å². The molecule has 166 valence electrons. The van der Waals surface area contributed by atoms with E-state index in [0.717, 1.165) is 30.2 Å². The number of aromatic amines is 1. The number of Topliss-reactive ketones (excluding diaryl/α,β-unsaturated/α-hetero) is 1. The quantitative estimate of drug-likeness (QED) is 0.413. The lowest BCUT2D eigenvalue weighted by molar-refractivity contribution is -0.159. The van der Waals surface area contributed by atoms with E-state index in [-0.39, 0.29) is 11.9 Å². The number of para-hydroxylation sites is 2. The van der Waals surface area contributed by atoms with Gasteiger partial charge in [0.05, 0.1) is 0 Å². The number of esters is 1. The van der Waals surface area contributed by atoms with Crippen LogP contribution in [0, 0.1) is 17.8 Å². The zero-order valence-electron chi connectivity index (χ0n) is 18.9. The van der Waals surface area contributed by atoms with Crippen LogP contribution in [-0.2, 0) is 15.1 Å². The van der Waals surface area contributed by atoms with Gasteiger partial charge in [0.25, 0.3) is 0 Å². The van der Waals surface area contributed by atoms with Crippen LogP contribution in [0.1, 0.15) is 56.0 Å². The molecule has 1 aromatic heterocycles. The molecular weight excluding hydrogens is 400 g/mol. The van der Waals surface area contributed by atoms with Crippen LogP contribution in [0.2, 0.25) is 0 Å². The third-order valence-electron chi connectivity index (χ3n) is 7.35. The molecule has 3 aromatic rings. The van der Waals surface area contributed by atoms with Crippen LogP contribution >= 0.6 is 0 Å². The molecule has 1 fully saturated rings. The third-order valence-corrected chi connectivity index (χ3v) is 7.35. The molecule has 2 aliphatic rings. The van der Waals surface area contributed by atoms with E-state index in [1.54, 1.807) is 12.3 Å². The molecule has 5 heteroatoms. The van der Waals surface area contributed by atoms with Gasteiger partial charge in [-0.15, -0.1) is 0 Å². The number of benzene rings is 2. The van der Waals surface area contributed by atoms with E-state index in [0.29, 0.717) is 34.6 Å². The lowest BCUT2D eigenvalue weighted by Gasteiger charge is -2.38. The molecule has 2 heterocycles. The molecule has 0 bridgehead atoms. The fraction of sp³-hybridized carbons (Fsp3) is 0.407. The minimum absolute atomic E-state index is 0.188. The Morgan fingerprint density at radius 3 is 2.62 bits per heavy atom. The average molecular weight is 431 g/mol. The predicted molar refractivity (Wildman–Crippen MR) is 126 cm³/mol. The molecule has 2 N–H and O–H groups in total. The van der Waals surface area contributed by atoms with Crippen LogP contribution in [-0.4, -0.2) is 22.8 Å². The summed E-state index contributed by atoms with van der Waals surface area (Å²) in [6, 6.07) is 15.0. The van der Waals surface area contributed by atoms with E-state index in [9.17, 15) is 9.59 Å². The first-order valence-corrected chi connectivity index (χ1v) is 11.6. The van der Waals surface area contributed by atoms with Crippen LogP contribution in [0.3, 0.4) is 0 Å². The summed E-state index contributed by atoms with van der Waals surface area (Å²) in [5.41, 5.74) is 1.09. The van der Waals surface area contributed by atoms with Gasteiger partial charge in [0.2, 0.25) is 11.3 Å². The van der Waals surface area contributed by atoms with E-state index >= 15 is 0 Å². The molecule has 0 unspecified atom stereocenters. The summed E-state index contributed by atoms with van der Waals surface area (Å²) in [6.45, 7) is 6.58. The zero-order chi connectivity index (χ0) is 22.5. The van der Waals surface area contributed by atoms with Crippen molar-refractivity contribution < 1.29 is 14.3 Å². The number of carbonyl (C=O) groups excluding carboxylic acids is 2. The molecule has 1 saturated carbocycles. The number of nitrogens with one attached hydrogen (secondary N) is 2. The van der Waals surface area contributed by atoms with Gasteiger partial charge in [-0.25, -0.2) is 4.79 Å². The number of aromatic nitrogens is 1. The molecular formula is C27H30N2O3. The van der Waals surface area contributed by atoms with Crippen LogP contribution in [0.5, 0.6) is 0 Å². The monoisotopic (exact) mass is 430 g/mol. The highest BCUT2D eigenvalue weighted by molar-refractivity contribution is 6.26. The summed E-state index contributed by atoms with van der Waals surface area (Å²) in [5.74, 6) is 0.445. The molecule has 2 aromatic carbocycles. The molecule has 1 aliphatic heterocycles. The van der Waals surface area contributed by atoms with Crippen molar-refractivity contribution in [2.45, 2.75) is 51.7 Å². The molecule has 0 radical (unpaired) electrons. The lowest BCUT2D eigenvalue weighted by atomic mass is 9.75. The van der Waals surface area contributed by atoms with Gasteiger partial charge in [-0.3, -0.25) is 4.79 Å². The van der Waals surface area contributed by atoms with Crippen LogP contribution in [0.25, 0.3) is 10.9 Å². The molecule has 32 heavy (non-hydrogen) atoms. The molecule has 4 atom stereocenters. The predicted octanol–water partition coefficient (Wildman–Crippen LogP) is 5.68. The highest BCUT2D eigenvalue weighted by Gasteiger charge is 2.56. The van der Waals surface area contributed by atoms with Crippen LogP contribution in [0.15, 0.2) is 54.7 Å². The Bertz CT molecular complexity index is 1180. The summed E-state index contributed by atoms with van der Waals surface area (Å²) in [5, 5.41) is 4.14. The molecule has 5 rings (SSSR count). The summed E-state index contributed by atoms with van der Waals surface area (Å²) in [4.78, 5) is 31.1. The van der Waals surface area contributed by atoms with Gasteiger partial charge in [-0.05, 0) is 48.8 Å². The van der Waals surface area contributed by atoms with Crippen molar-refractivity contribution in [3.05, 3.63) is 65.9 Å². The van der Waals surface area contributed by atoms with Gasteiger partial charge in [-0.2, -0.15) is 0 Å². The van der Waals surface area contributed by atoms with Crippen LogP contribution in [0.4, 0.5) is 5.69 Å². The lowest BCUT2D eigenvalue weighted by Crippen LogP contribution is -2.50. The second-order valence-electron chi connectivity index (χ2n) is 9.77. The SMILES string of the molecule is CC(C)[C@@H]1CC[C@@H](C)C[C@H]1OC(=O)[C@@]1(c2c[nH]c3ccccc23)Nc2ccccc2C1=O. The van der Waals surface area contributed by atoms with Gasteiger partial charge in [0.1, 0.15) is 6.10 Å². The van der Waals surface area contributed by atoms with Crippen molar-refractivity contribution in [3.8, 4) is 0 Å². The number of anilines is 1. The van der Waals surface area contributed by atoms with Gasteiger partial charge >= 0.3 is 5.97 Å². The van der Waals surface area contributed by atoms with E-state index in [2.05, 4.69) is 31.1 Å². The summed E-state index contributed by atoms with van der Waals surface area (Å²) in [7, 11) is 0. The van der Waals surface area contributed by atoms with Gasteiger partial charge in [0.15, 0.2) is 0 Å². The molecule has 1 aliphatic carbocycles. The smallest absolute Gasteiger partial charge is 0.345 e. The Morgan fingerprint density at radius 1 is 1.09 bits per heavy atom. The standard InChI is InChI=1S/C27H30N2O3/c1-16(2)18-13-12-17(3)14-24(18)32-26(31)27(21-15-28-22-10-6-4-8-19(21)22)25(30)20-9-5-7-11-23(20)29-27/h4-11,15-18,24,28-29H,12-14H2,1-3H3/t17-,18+,24-,27+/m1/s1. The fourth-order valence-electron chi connectivity index (χ4n) is 5.55. The van der Waals surface area contributed by atoms with E-state index in [1.165, 1.54) is 0 Å². The van der Waals surface area contributed by atoms with E-state index in [4.69, 9.17) is 4.74 Å². The summed E-state index contributed by atoms with van der Waals surface area (Å²) < 4.78 is 6.26. The second kappa shape index (κ2) is 7.80. The highest BCUT2D eigenvalue weighted by Crippen LogP contribution is 2.44. The Morgan fingerprint density at radius 2 is 1.84 bits per heavy atom. The number of rotatable bonds is 4. The van der Waals surface area contributed by atoms with Crippen LogP contribution < -0.4 is 5.32 Å². The molecule has 0 saturated heterocycles. The maximum Gasteiger partial charge on any atom is 0.345 e. The number of fused-ring (bicyclic) bond motifs is 2. The van der Waals surface area contributed by atoms with E-state index in [1.807, 2.05) is 42.5 Å². The number of ketones is 1. The summed E-state index contributed by atoms with van der Waals surface area (Å²) >= 11 is 0. The second-order valence-corrected chi connectivity index (χ2v) is 9.77. The number of ether oxygens (including phenoxy) is 1. The first kappa shape index (κ1) is 20.8. The van der Waals surface area contributed by atoms with Gasteiger partial charge < -0.3 is 15.0 Å². The highest BCUT2D eigenvalue weighted by atomic mass is 16.5. The number of H-pyrrole nitrogens is 1.